The smallest absolute Gasteiger partial charge is 0.268 e. The average Bonchev–Trinajstić information content (AvgIpc) is 2.27. The highest BCUT2D eigenvalue weighted by atomic mass is 32.3. The van der Waals surface area contributed by atoms with E-state index in [1.807, 2.05) is 13.8 Å². The van der Waals surface area contributed by atoms with Crippen LogP contribution < -0.4 is 0 Å². The third-order valence-electron chi connectivity index (χ3n) is 1.82. The Morgan fingerprint density at radius 1 is 0.778 bits per heavy atom. The first kappa shape index (κ1) is 17.8. The van der Waals surface area contributed by atoms with Crippen molar-refractivity contribution in [2.24, 2.45) is 0 Å². The van der Waals surface area contributed by atoms with Crippen molar-refractivity contribution in [3.63, 3.8) is 0 Å². The molecule has 18 heavy (non-hydrogen) atoms. The molecule has 0 amide bonds. The van der Waals surface area contributed by atoms with Gasteiger partial charge in [0.15, 0.2) is 5.94 Å². The molecule has 0 aliphatic rings. The van der Waals surface area contributed by atoms with Gasteiger partial charge < -0.3 is 0 Å². The van der Waals surface area contributed by atoms with Crippen LogP contribution in [0.15, 0.2) is 0 Å². The molecule has 0 saturated heterocycles. The summed E-state index contributed by atoms with van der Waals surface area (Å²) in [5.74, 6) is -1.06. The molecule has 0 radical (unpaired) electrons. The maximum atomic E-state index is 11.2. The van der Waals surface area contributed by atoms with Crippen LogP contribution in [-0.2, 0) is 33.1 Å². The van der Waals surface area contributed by atoms with E-state index in [4.69, 9.17) is 0 Å². The van der Waals surface area contributed by atoms with Gasteiger partial charge in [-0.05, 0) is 12.8 Å². The minimum absolute atomic E-state index is 0.0128. The Bertz CT molecular complexity index is 359. The summed E-state index contributed by atoms with van der Waals surface area (Å²) in [6.45, 7) is 3.72. The van der Waals surface area contributed by atoms with Crippen molar-refractivity contribution in [2.75, 3.05) is 19.2 Å². The van der Waals surface area contributed by atoms with E-state index in [1.54, 1.807) is 0 Å². The second kappa shape index (κ2) is 8.81. The van der Waals surface area contributed by atoms with Gasteiger partial charge in [-0.25, -0.2) is 8.37 Å². The standard InChI is InChI=1S/C9H20O7S2/c1-3-5-7-14-17(10,11)9-16-18(12,13)15-8-6-4-2/h3-9H2,1-2H3. The summed E-state index contributed by atoms with van der Waals surface area (Å²) in [6.07, 6.45) is 2.64. The van der Waals surface area contributed by atoms with Gasteiger partial charge in [0.05, 0.1) is 13.2 Å². The van der Waals surface area contributed by atoms with Crippen LogP contribution in [0.5, 0.6) is 0 Å². The van der Waals surface area contributed by atoms with Crippen molar-refractivity contribution in [2.45, 2.75) is 39.5 Å². The molecule has 0 aromatic carbocycles. The zero-order valence-electron chi connectivity index (χ0n) is 10.6. The fourth-order valence-electron chi connectivity index (χ4n) is 0.821. The quantitative estimate of drug-likeness (QED) is 0.417. The number of unbranched alkanes of at least 4 members (excludes halogenated alkanes) is 2. The molecular weight excluding hydrogens is 284 g/mol. The molecule has 0 rings (SSSR count). The van der Waals surface area contributed by atoms with Gasteiger partial charge >= 0.3 is 10.4 Å². The lowest BCUT2D eigenvalue weighted by atomic mass is 10.4. The highest BCUT2D eigenvalue weighted by Gasteiger charge is 2.19. The Morgan fingerprint density at radius 2 is 1.28 bits per heavy atom. The van der Waals surface area contributed by atoms with Gasteiger partial charge in [0.2, 0.25) is 0 Å². The fraction of sp³-hybridized carbons (Fsp3) is 1.00. The van der Waals surface area contributed by atoms with Gasteiger partial charge in [0.25, 0.3) is 10.1 Å². The van der Waals surface area contributed by atoms with Gasteiger partial charge in [-0.2, -0.15) is 16.8 Å². The molecular formula is C9H20O7S2. The molecule has 0 N–H and O–H groups in total. The van der Waals surface area contributed by atoms with Crippen LogP contribution in [0.2, 0.25) is 0 Å². The lowest BCUT2D eigenvalue weighted by Crippen LogP contribution is -2.19. The first-order valence-corrected chi connectivity index (χ1v) is 8.65. The molecule has 0 saturated carbocycles. The molecule has 0 fully saturated rings. The second-order valence-corrected chi connectivity index (χ2v) is 6.43. The molecule has 0 aromatic rings. The predicted octanol–water partition coefficient (Wildman–Crippen LogP) is 1.17. The van der Waals surface area contributed by atoms with Crippen LogP contribution in [0, 0.1) is 0 Å². The molecule has 0 aliphatic carbocycles. The van der Waals surface area contributed by atoms with E-state index in [-0.39, 0.29) is 13.2 Å². The van der Waals surface area contributed by atoms with Crippen molar-refractivity contribution in [3.05, 3.63) is 0 Å². The summed E-state index contributed by atoms with van der Waals surface area (Å²) in [6, 6.07) is 0. The maximum absolute atomic E-state index is 11.2. The number of hydrogen-bond donors (Lipinski definition) is 0. The third kappa shape index (κ3) is 9.77. The lowest BCUT2D eigenvalue weighted by Gasteiger charge is -2.06. The predicted molar refractivity (Wildman–Crippen MR) is 65.5 cm³/mol. The molecule has 7 nitrogen and oxygen atoms in total. The van der Waals surface area contributed by atoms with Gasteiger partial charge in [-0.3, -0.25) is 4.18 Å². The van der Waals surface area contributed by atoms with E-state index in [0.29, 0.717) is 12.8 Å². The van der Waals surface area contributed by atoms with Crippen LogP contribution in [0.1, 0.15) is 39.5 Å². The number of rotatable bonds is 11. The molecule has 0 spiro atoms. The van der Waals surface area contributed by atoms with Crippen LogP contribution in [0.4, 0.5) is 0 Å². The highest BCUT2D eigenvalue weighted by molar-refractivity contribution is 7.87. The molecule has 0 aliphatic heterocycles. The zero-order valence-corrected chi connectivity index (χ0v) is 12.3. The summed E-state index contributed by atoms with van der Waals surface area (Å²) in [7, 11) is -8.28. The summed E-state index contributed by atoms with van der Waals surface area (Å²) < 4.78 is 57.8. The van der Waals surface area contributed by atoms with E-state index in [1.165, 1.54) is 0 Å². The normalized spacial score (nSPS) is 12.8. The summed E-state index contributed by atoms with van der Waals surface area (Å²) >= 11 is 0. The van der Waals surface area contributed by atoms with Crippen LogP contribution in [0.3, 0.4) is 0 Å². The molecule has 9 heteroatoms. The molecule has 0 bridgehead atoms. The van der Waals surface area contributed by atoms with E-state index in [2.05, 4.69) is 12.5 Å². The maximum Gasteiger partial charge on any atom is 0.400 e. The van der Waals surface area contributed by atoms with Crippen molar-refractivity contribution in [1.29, 1.82) is 0 Å². The number of hydrogen-bond acceptors (Lipinski definition) is 7. The first-order valence-electron chi connectivity index (χ1n) is 5.74. The molecule has 0 unspecified atom stereocenters. The van der Waals surface area contributed by atoms with Gasteiger partial charge in [0.1, 0.15) is 0 Å². The summed E-state index contributed by atoms with van der Waals surface area (Å²) in [5, 5.41) is 0. The Balaban J connectivity index is 4.05. The lowest BCUT2D eigenvalue weighted by molar-refractivity contribution is 0.221. The van der Waals surface area contributed by atoms with Crippen molar-refractivity contribution in [3.8, 4) is 0 Å². The van der Waals surface area contributed by atoms with Crippen LogP contribution in [0.25, 0.3) is 0 Å². The van der Waals surface area contributed by atoms with Crippen molar-refractivity contribution < 1.29 is 29.4 Å². The first-order chi connectivity index (χ1) is 8.33. The Morgan fingerprint density at radius 3 is 1.78 bits per heavy atom. The molecule has 0 atom stereocenters. The molecule has 110 valence electrons. The molecule has 0 aromatic heterocycles. The second-order valence-electron chi connectivity index (χ2n) is 3.55. The van der Waals surface area contributed by atoms with E-state index in [9.17, 15) is 16.8 Å². The molecule has 0 heterocycles. The minimum Gasteiger partial charge on any atom is -0.268 e. The van der Waals surface area contributed by atoms with Gasteiger partial charge in [0, 0.05) is 0 Å². The summed E-state index contributed by atoms with van der Waals surface area (Å²) in [4.78, 5) is 0. The average molecular weight is 304 g/mol. The van der Waals surface area contributed by atoms with Crippen molar-refractivity contribution >= 4 is 20.5 Å². The SMILES string of the molecule is CCCCOS(=O)(=O)COS(=O)(=O)OCCCC. The van der Waals surface area contributed by atoms with Crippen LogP contribution >= 0.6 is 0 Å². The zero-order chi connectivity index (χ0) is 14.1. The Hall–Kier alpha value is -0.220. The largest absolute Gasteiger partial charge is 0.400 e. The van der Waals surface area contributed by atoms with Crippen molar-refractivity contribution in [1.82, 2.24) is 0 Å². The van der Waals surface area contributed by atoms with E-state index < -0.39 is 26.5 Å². The van der Waals surface area contributed by atoms with E-state index >= 15 is 0 Å². The fourth-order valence-corrected chi connectivity index (χ4v) is 2.59. The highest BCUT2D eigenvalue weighted by Crippen LogP contribution is 2.04. The monoisotopic (exact) mass is 304 g/mol. The van der Waals surface area contributed by atoms with Crippen LogP contribution in [-0.4, -0.2) is 36.0 Å². The van der Waals surface area contributed by atoms with E-state index in [0.717, 1.165) is 12.8 Å². The third-order valence-corrected chi connectivity index (χ3v) is 3.77. The topological polar surface area (TPSA) is 96.0 Å². The van der Waals surface area contributed by atoms with Gasteiger partial charge in [-0.15, -0.1) is 0 Å². The Kier molecular flexibility index (Phi) is 8.70. The Labute approximate surface area is 109 Å². The van der Waals surface area contributed by atoms with Gasteiger partial charge in [-0.1, -0.05) is 26.7 Å². The minimum atomic E-state index is -4.28. The summed E-state index contributed by atoms with van der Waals surface area (Å²) in [5.41, 5.74) is 0.